The lowest BCUT2D eigenvalue weighted by Gasteiger charge is -2.21. The fourth-order valence-corrected chi connectivity index (χ4v) is 2.90. The summed E-state index contributed by atoms with van der Waals surface area (Å²) in [5.41, 5.74) is 0.609. The third-order valence-electron chi connectivity index (χ3n) is 3.36. The van der Waals surface area contributed by atoms with Crippen molar-refractivity contribution in [2.75, 3.05) is 18.2 Å². The first-order valence-electron chi connectivity index (χ1n) is 8.27. The van der Waals surface area contributed by atoms with Gasteiger partial charge in [0, 0.05) is 10.4 Å². The van der Waals surface area contributed by atoms with Gasteiger partial charge in [-0.1, -0.05) is 12.1 Å². The van der Waals surface area contributed by atoms with Gasteiger partial charge in [0.2, 0.25) is 5.91 Å². The van der Waals surface area contributed by atoms with Crippen LogP contribution in [-0.2, 0) is 4.79 Å². The van der Waals surface area contributed by atoms with Crippen molar-refractivity contribution in [1.29, 1.82) is 0 Å². The number of hydrogen-bond acceptors (Lipinski definition) is 4. The van der Waals surface area contributed by atoms with Gasteiger partial charge in [0.1, 0.15) is 5.75 Å². The lowest BCUT2D eigenvalue weighted by Crippen LogP contribution is -2.40. The molecule has 5 nitrogen and oxygen atoms in total. The minimum atomic E-state index is -0.349. The highest BCUT2D eigenvalue weighted by Gasteiger charge is 2.18. The molecule has 0 atom stereocenters. The van der Waals surface area contributed by atoms with E-state index in [-0.39, 0.29) is 23.1 Å². The zero-order valence-corrected chi connectivity index (χ0v) is 16.3. The third-order valence-corrected chi connectivity index (χ3v) is 4.38. The molecule has 0 aliphatic heterocycles. The van der Waals surface area contributed by atoms with Gasteiger partial charge in [0.05, 0.1) is 24.1 Å². The van der Waals surface area contributed by atoms with Gasteiger partial charge in [-0.3, -0.25) is 9.59 Å². The zero-order chi connectivity index (χ0) is 19.2. The Labute approximate surface area is 158 Å². The van der Waals surface area contributed by atoms with E-state index in [9.17, 15) is 9.59 Å². The Hall–Kier alpha value is -2.47. The van der Waals surface area contributed by atoms with Crippen molar-refractivity contribution >= 4 is 29.3 Å². The van der Waals surface area contributed by atoms with Gasteiger partial charge in [0.15, 0.2) is 0 Å². The second kappa shape index (κ2) is 8.76. The van der Waals surface area contributed by atoms with Crippen molar-refractivity contribution in [3.63, 3.8) is 0 Å². The molecule has 0 spiro atoms. The molecule has 26 heavy (non-hydrogen) atoms. The van der Waals surface area contributed by atoms with Crippen LogP contribution >= 0.6 is 11.8 Å². The van der Waals surface area contributed by atoms with E-state index in [4.69, 9.17) is 4.74 Å². The standard InChI is InChI=1S/C20H24N2O3S/c1-20(2,3)22-19(24)16-7-5-6-8-17(16)21-18(23)13-26-15-11-9-14(25-4)10-12-15/h5-12H,13H2,1-4H3,(H,21,23)(H,22,24). The smallest absolute Gasteiger partial charge is 0.253 e. The summed E-state index contributed by atoms with van der Waals surface area (Å²) in [5.74, 6) is 0.650. The van der Waals surface area contributed by atoms with Crippen LogP contribution in [0.1, 0.15) is 31.1 Å². The van der Waals surface area contributed by atoms with Crippen LogP contribution in [0, 0.1) is 0 Å². The predicted molar refractivity (Wildman–Crippen MR) is 106 cm³/mol. The molecule has 6 heteroatoms. The lowest BCUT2D eigenvalue weighted by molar-refractivity contribution is -0.113. The molecule has 0 aromatic heterocycles. The van der Waals surface area contributed by atoms with E-state index >= 15 is 0 Å². The Kier molecular flexibility index (Phi) is 6.69. The summed E-state index contributed by atoms with van der Waals surface area (Å²) in [5, 5.41) is 5.74. The molecular weight excluding hydrogens is 348 g/mol. The van der Waals surface area contributed by atoms with E-state index in [1.165, 1.54) is 11.8 Å². The van der Waals surface area contributed by atoms with Crippen LogP contribution in [0.4, 0.5) is 5.69 Å². The first kappa shape index (κ1) is 19.8. The minimum Gasteiger partial charge on any atom is -0.497 e. The molecule has 0 saturated heterocycles. The molecule has 0 radical (unpaired) electrons. The zero-order valence-electron chi connectivity index (χ0n) is 15.5. The number of amides is 2. The molecular formula is C20H24N2O3S. The van der Waals surface area contributed by atoms with Crippen molar-refractivity contribution in [1.82, 2.24) is 5.32 Å². The summed E-state index contributed by atoms with van der Waals surface area (Å²) in [4.78, 5) is 25.7. The van der Waals surface area contributed by atoms with E-state index < -0.39 is 0 Å². The summed E-state index contributed by atoms with van der Waals surface area (Å²) >= 11 is 1.42. The molecule has 0 heterocycles. The maximum absolute atomic E-state index is 12.4. The Morgan fingerprint density at radius 3 is 2.31 bits per heavy atom. The summed E-state index contributed by atoms with van der Waals surface area (Å²) in [7, 11) is 1.61. The van der Waals surface area contributed by atoms with Crippen LogP contribution in [0.5, 0.6) is 5.75 Å². The summed E-state index contributed by atoms with van der Waals surface area (Å²) in [6, 6.07) is 14.5. The van der Waals surface area contributed by atoms with Crippen LogP contribution in [0.15, 0.2) is 53.4 Å². The number of thioether (sulfide) groups is 1. The largest absolute Gasteiger partial charge is 0.497 e. The number of nitrogens with one attached hydrogen (secondary N) is 2. The summed E-state index contributed by atoms with van der Waals surface area (Å²) in [6.45, 7) is 5.74. The Bertz CT molecular complexity index is 767. The molecule has 0 fully saturated rings. The molecule has 2 rings (SSSR count). The first-order valence-corrected chi connectivity index (χ1v) is 9.25. The molecule has 0 unspecified atom stereocenters. The van der Waals surface area contributed by atoms with Gasteiger partial charge in [0.25, 0.3) is 5.91 Å². The minimum absolute atomic E-state index is 0.165. The predicted octanol–water partition coefficient (Wildman–Crippen LogP) is 3.95. The fraction of sp³-hybridized carbons (Fsp3) is 0.300. The number of methoxy groups -OCH3 is 1. The van der Waals surface area contributed by atoms with Crippen molar-refractivity contribution in [3.8, 4) is 5.75 Å². The van der Waals surface area contributed by atoms with Gasteiger partial charge >= 0.3 is 0 Å². The maximum atomic E-state index is 12.4. The monoisotopic (exact) mass is 372 g/mol. The lowest BCUT2D eigenvalue weighted by atomic mass is 10.1. The van der Waals surface area contributed by atoms with Crippen molar-refractivity contribution in [2.24, 2.45) is 0 Å². The van der Waals surface area contributed by atoms with Crippen molar-refractivity contribution < 1.29 is 14.3 Å². The van der Waals surface area contributed by atoms with Gasteiger partial charge in [-0.15, -0.1) is 11.8 Å². The maximum Gasteiger partial charge on any atom is 0.253 e. The molecule has 2 aromatic rings. The number of carbonyl (C=O) groups is 2. The Morgan fingerprint density at radius 2 is 1.69 bits per heavy atom. The molecule has 2 amide bonds. The molecule has 2 aromatic carbocycles. The average molecular weight is 372 g/mol. The van der Waals surface area contributed by atoms with E-state index in [0.717, 1.165) is 10.6 Å². The number of rotatable bonds is 6. The van der Waals surface area contributed by atoms with Gasteiger partial charge in [-0.05, 0) is 57.2 Å². The molecule has 0 aliphatic rings. The molecule has 138 valence electrons. The van der Waals surface area contributed by atoms with Crippen LogP contribution in [0.25, 0.3) is 0 Å². The number of hydrogen-bond donors (Lipinski definition) is 2. The Balaban J connectivity index is 1.99. The van der Waals surface area contributed by atoms with Gasteiger partial charge in [-0.25, -0.2) is 0 Å². The van der Waals surface area contributed by atoms with E-state index in [0.29, 0.717) is 11.3 Å². The van der Waals surface area contributed by atoms with E-state index in [1.807, 2.05) is 45.0 Å². The van der Waals surface area contributed by atoms with Gasteiger partial charge in [-0.2, -0.15) is 0 Å². The molecule has 2 N–H and O–H groups in total. The van der Waals surface area contributed by atoms with Crippen LogP contribution in [0.3, 0.4) is 0 Å². The summed E-state index contributed by atoms with van der Waals surface area (Å²) < 4.78 is 5.12. The topological polar surface area (TPSA) is 67.4 Å². The number of anilines is 1. The normalized spacial score (nSPS) is 10.9. The first-order chi connectivity index (χ1) is 12.3. The van der Waals surface area contributed by atoms with Crippen LogP contribution in [0.2, 0.25) is 0 Å². The Morgan fingerprint density at radius 1 is 1.04 bits per heavy atom. The highest BCUT2D eigenvalue weighted by molar-refractivity contribution is 8.00. The number of ether oxygens (including phenoxy) is 1. The summed E-state index contributed by atoms with van der Waals surface area (Å²) in [6.07, 6.45) is 0. The van der Waals surface area contributed by atoms with Crippen molar-refractivity contribution in [3.05, 3.63) is 54.1 Å². The third kappa shape index (κ3) is 6.11. The highest BCUT2D eigenvalue weighted by Crippen LogP contribution is 2.22. The fourth-order valence-electron chi connectivity index (χ4n) is 2.21. The van der Waals surface area contributed by atoms with Crippen molar-refractivity contribution in [2.45, 2.75) is 31.2 Å². The van der Waals surface area contributed by atoms with E-state index in [1.54, 1.807) is 31.4 Å². The van der Waals surface area contributed by atoms with E-state index in [2.05, 4.69) is 10.6 Å². The molecule has 0 aliphatic carbocycles. The SMILES string of the molecule is COc1ccc(SCC(=O)Nc2ccccc2C(=O)NC(C)(C)C)cc1. The second-order valence-corrected chi connectivity index (χ2v) is 7.81. The highest BCUT2D eigenvalue weighted by atomic mass is 32.2. The number of carbonyl (C=O) groups excluding carboxylic acids is 2. The number of benzene rings is 2. The molecule has 0 saturated carbocycles. The number of para-hydroxylation sites is 1. The molecule has 0 bridgehead atoms. The quantitative estimate of drug-likeness (QED) is 0.754. The van der Waals surface area contributed by atoms with Crippen LogP contribution in [-0.4, -0.2) is 30.2 Å². The average Bonchev–Trinajstić information content (AvgIpc) is 2.59. The van der Waals surface area contributed by atoms with Gasteiger partial charge < -0.3 is 15.4 Å². The van der Waals surface area contributed by atoms with Crippen LogP contribution < -0.4 is 15.4 Å². The second-order valence-electron chi connectivity index (χ2n) is 6.76.